The number of hydrogen-bond donors (Lipinski definition) is 2. The first-order valence-electron chi connectivity index (χ1n) is 11.5. The molecule has 6 rings (SSSR count). The number of hydrogen-bond acceptors (Lipinski definition) is 6. The molecular formula is C26H24N6OS. The molecule has 170 valence electrons. The quantitative estimate of drug-likeness (QED) is 0.378. The normalized spacial score (nSPS) is 18.5. The van der Waals surface area contributed by atoms with Crippen LogP contribution in [0.5, 0.6) is 0 Å². The second kappa shape index (κ2) is 8.22. The van der Waals surface area contributed by atoms with Crippen molar-refractivity contribution < 1.29 is 4.79 Å². The summed E-state index contributed by atoms with van der Waals surface area (Å²) in [5, 5.41) is 3.96. The zero-order chi connectivity index (χ0) is 23.2. The minimum Gasteiger partial charge on any atom is -0.383 e. The van der Waals surface area contributed by atoms with Gasteiger partial charge in [-0.15, -0.1) is 11.3 Å². The number of aromatic nitrogens is 4. The van der Waals surface area contributed by atoms with Crippen LogP contribution in [-0.4, -0.2) is 25.4 Å². The van der Waals surface area contributed by atoms with Crippen LogP contribution in [0.1, 0.15) is 31.7 Å². The van der Waals surface area contributed by atoms with Gasteiger partial charge < -0.3 is 16.0 Å². The summed E-state index contributed by atoms with van der Waals surface area (Å²) in [6, 6.07) is 16.6. The van der Waals surface area contributed by atoms with Crippen LogP contribution in [0, 0.1) is 5.92 Å². The molecule has 1 aromatic carbocycles. The van der Waals surface area contributed by atoms with Crippen molar-refractivity contribution in [2.45, 2.75) is 31.7 Å². The van der Waals surface area contributed by atoms with Crippen molar-refractivity contribution in [1.29, 1.82) is 0 Å². The van der Waals surface area contributed by atoms with Crippen molar-refractivity contribution in [3.05, 3.63) is 60.1 Å². The first-order valence-corrected chi connectivity index (χ1v) is 12.3. The Bertz CT molecular complexity index is 1520. The van der Waals surface area contributed by atoms with Crippen molar-refractivity contribution in [2.24, 2.45) is 11.7 Å². The molecular weight excluding hydrogens is 444 g/mol. The second-order valence-electron chi connectivity index (χ2n) is 8.88. The Morgan fingerprint density at radius 2 is 1.82 bits per heavy atom. The average Bonchev–Trinajstić information content (AvgIpc) is 3.54. The Morgan fingerprint density at radius 1 is 1.00 bits per heavy atom. The molecule has 1 fully saturated rings. The van der Waals surface area contributed by atoms with Gasteiger partial charge in [0.1, 0.15) is 11.5 Å². The minimum atomic E-state index is -0.197. The fourth-order valence-electron chi connectivity index (χ4n) is 4.94. The van der Waals surface area contributed by atoms with Gasteiger partial charge in [-0.1, -0.05) is 24.3 Å². The Labute approximate surface area is 200 Å². The molecule has 4 N–H and O–H groups in total. The number of nitrogens with zero attached hydrogens (tertiary/aromatic N) is 4. The van der Waals surface area contributed by atoms with E-state index in [4.69, 9.17) is 21.4 Å². The Kier molecular flexibility index (Phi) is 5.03. The molecule has 0 aliphatic heterocycles. The smallest absolute Gasteiger partial charge is 0.220 e. The lowest BCUT2D eigenvalue weighted by Gasteiger charge is -2.28. The Balaban J connectivity index is 1.39. The molecule has 0 atom stereocenters. The third-order valence-electron chi connectivity index (χ3n) is 6.82. The van der Waals surface area contributed by atoms with Gasteiger partial charge in [0.25, 0.3) is 0 Å². The Hall–Kier alpha value is -3.78. The first-order chi connectivity index (χ1) is 16.6. The Morgan fingerprint density at radius 3 is 2.59 bits per heavy atom. The SMILES string of the molecule is NC(=O)C1CCC(n2ccc3c(N)nc(-c4ccc5ccc(-c6cccs6)nc5c4)nc32)CC1. The van der Waals surface area contributed by atoms with Crippen LogP contribution in [0.4, 0.5) is 5.82 Å². The monoisotopic (exact) mass is 468 g/mol. The van der Waals surface area contributed by atoms with Gasteiger partial charge in [0, 0.05) is 29.1 Å². The summed E-state index contributed by atoms with van der Waals surface area (Å²) in [4.78, 5) is 27.1. The molecule has 0 saturated heterocycles. The number of rotatable bonds is 4. The lowest BCUT2D eigenvalue weighted by molar-refractivity contribution is -0.122. The number of pyridine rings is 1. The maximum Gasteiger partial charge on any atom is 0.220 e. The molecule has 34 heavy (non-hydrogen) atoms. The predicted molar refractivity (Wildman–Crippen MR) is 136 cm³/mol. The number of nitrogen functional groups attached to an aromatic ring is 1. The number of anilines is 1. The third kappa shape index (κ3) is 3.60. The number of carbonyl (C=O) groups is 1. The minimum absolute atomic E-state index is 0.0301. The van der Waals surface area contributed by atoms with Crippen molar-refractivity contribution >= 4 is 45.0 Å². The van der Waals surface area contributed by atoms with E-state index in [0.717, 1.165) is 63.8 Å². The second-order valence-corrected chi connectivity index (χ2v) is 9.83. The maximum absolute atomic E-state index is 11.6. The fourth-order valence-corrected chi connectivity index (χ4v) is 5.63. The van der Waals surface area contributed by atoms with E-state index in [-0.39, 0.29) is 17.9 Å². The number of primary amides is 1. The van der Waals surface area contributed by atoms with E-state index in [0.29, 0.717) is 11.6 Å². The van der Waals surface area contributed by atoms with Crippen molar-refractivity contribution in [2.75, 3.05) is 5.73 Å². The van der Waals surface area contributed by atoms with E-state index in [9.17, 15) is 4.79 Å². The molecule has 0 bridgehead atoms. The number of amides is 1. The van der Waals surface area contributed by atoms with Crippen molar-refractivity contribution in [1.82, 2.24) is 19.5 Å². The molecule has 8 heteroatoms. The maximum atomic E-state index is 11.6. The van der Waals surface area contributed by atoms with Crippen LogP contribution in [0.25, 0.3) is 43.9 Å². The topological polar surface area (TPSA) is 113 Å². The molecule has 1 aliphatic rings. The molecule has 0 unspecified atom stereocenters. The lowest BCUT2D eigenvalue weighted by Crippen LogP contribution is -2.28. The van der Waals surface area contributed by atoms with E-state index in [1.165, 1.54) is 0 Å². The molecule has 4 heterocycles. The van der Waals surface area contributed by atoms with Crippen LogP contribution in [0.2, 0.25) is 0 Å². The van der Waals surface area contributed by atoms with Crippen molar-refractivity contribution in [3.63, 3.8) is 0 Å². The number of carbonyl (C=O) groups excluding carboxylic acids is 1. The standard InChI is InChI=1S/C26H24N6OS/c27-23-19-11-12-32(18-8-5-16(6-9-18)24(28)33)26(19)31-25(30-23)17-4-3-15-7-10-20(29-21(15)14-17)22-2-1-13-34-22/h1-4,7,10-14,16,18H,5-6,8-9H2,(H2,28,33)(H2,27,30,31). The van der Waals surface area contributed by atoms with E-state index < -0.39 is 0 Å². The van der Waals surface area contributed by atoms with E-state index in [1.807, 2.05) is 42.6 Å². The summed E-state index contributed by atoms with van der Waals surface area (Å²) in [7, 11) is 0. The summed E-state index contributed by atoms with van der Waals surface area (Å²) < 4.78 is 2.18. The summed E-state index contributed by atoms with van der Waals surface area (Å²) in [5.74, 6) is 0.820. The van der Waals surface area contributed by atoms with Gasteiger partial charge in [0.15, 0.2) is 5.82 Å². The van der Waals surface area contributed by atoms with Crippen LogP contribution < -0.4 is 11.5 Å². The van der Waals surface area contributed by atoms with Gasteiger partial charge in [-0.2, -0.15) is 0 Å². The summed E-state index contributed by atoms with van der Waals surface area (Å²) >= 11 is 1.67. The molecule has 4 aromatic heterocycles. The molecule has 5 aromatic rings. The van der Waals surface area contributed by atoms with Crippen LogP contribution in [0.15, 0.2) is 60.1 Å². The number of nitrogens with two attached hydrogens (primary N) is 2. The van der Waals surface area contributed by atoms with Crippen LogP contribution in [-0.2, 0) is 4.79 Å². The predicted octanol–water partition coefficient (Wildman–Crippen LogP) is 5.17. The average molecular weight is 469 g/mol. The summed E-state index contributed by atoms with van der Waals surface area (Å²) in [6.45, 7) is 0. The highest BCUT2D eigenvalue weighted by molar-refractivity contribution is 7.13. The molecule has 1 saturated carbocycles. The number of benzene rings is 1. The van der Waals surface area contributed by atoms with Crippen LogP contribution in [0.3, 0.4) is 0 Å². The largest absolute Gasteiger partial charge is 0.383 e. The van der Waals surface area contributed by atoms with Crippen LogP contribution >= 0.6 is 11.3 Å². The zero-order valence-corrected chi connectivity index (χ0v) is 19.3. The summed E-state index contributed by atoms with van der Waals surface area (Å²) in [5.41, 5.74) is 15.4. The lowest BCUT2D eigenvalue weighted by atomic mass is 9.85. The highest BCUT2D eigenvalue weighted by Crippen LogP contribution is 2.35. The molecule has 0 radical (unpaired) electrons. The van der Waals surface area contributed by atoms with Gasteiger partial charge in [-0.3, -0.25) is 4.79 Å². The third-order valence-corrected chi connectivity index (χ3v) is 7.71. The van der Waals surface area contributed by atoms with Gasteiger partial charge in [-0.05, 0) is 55.3 Å². The molecule has 7 nitrogen and oxygen atoms in total. The molecule has 1 amide bonds. The zero-order valence-electron chi connectivity index (χ0n) is 18.5. The highest BCUT2D eigenvalue weighted by atomic mass is 32.1. The summed E-state index contributed by atoms with van der Waals surface area (Å²) in [6.07, 6.45) is 5.42. The van der Waals surface area contributed by atoms with E-state index in [2.05, 4.69) is 27.1 Å². The fraction of sp³-hybridized carbons (Fsp3) is 0.231. The van der Waals surface area contributed by atoms with Gasteiger partial charge in [0.2, 0.25) is 5.91 Å². The molecule has 0 spiro atoms. The van der Waals surface area contributed by atoms with E-state index in [1.54, 1.807) is 11.3 Å². The van der Waals surface area contributed by atoms with Crippen molar-refractivity contribution in [3.8, 4) is 22.0 Å². The highest BCUT2D eigenvalue weighted by Gasteiger charge is 2.27. The van der Waals surface area contributed by atoms with E-state index >= 15 is 0 Å². The number of thiophene rings is 1. The molecule has 1 aliphatic carbocycles. The van der Waals surface area contributed by atoms with Gasteiger partial charge >= 0.3 is 0 Å². The first kappa shape index (κ1) is 20.8. The van der Waals surface area contributed by atoms with Gasteiger partial charge in [-0.25, -0.2) is 15.0 Å². The number of fused-ring (bicyclic) bond motifs is 2. The van der Waals surface area contributed by atoms with Gasteiger partial charge in [0.05, 0.1) is 21.5 Å².